The van der Waals surface area contributed by atoms with E-state index < -0.39 is 22.3 Å². The fourth-order valence-electron chi connectivity index (χ4n) is 0.463. The molecule has 0 aromatic heterocycles. The van der Waals surface area contributed by atoms with Crippen LogP contribution in [0.5, 0.6) is 0 Å². The molecule has 1 unspecified atom stereocenters. The van der Waals surface area contributed by atoms with Crippen molar-refractivity contribution in [3.8, 4) is 0 Å². The van der Waals surface area contributed by atoms with Gasteiger partial charge in [-0.25, -0.2) is 0 Å². The van der Waals surface area contributed by atoms with E-state index in [9.17, 15) is 9.00 Å². The average molecular weight is 179 g/mol. The molecule has 0 fully saturated rings. The van der Waals surface area contributed by atoms with E-state index in [1.807, 2.05) is 0 Å². The molecule has 0 aromatic carbocycles. The van der Waals surface area contributed by atoms with Crippen molar-refractivity contribution in [1.29, 1.82) is 0 Å². The number of hydrogen-bond acceptors (Lipinski definition) is 3. The fraction of sp³-hybridized carbons (Fsp3) is 0.833. The van der Waals surface area contributed by atoms with Crippen molar-refractivity contribution in [2.45, 2.75) is 18.9 Å². The first-order valence-electron chi connectivity index (χ1n) is 3.18. The van der Waals surface area contributed by atoms with E-state index in [0.29, 0.717) is 5.75 Å². The minimum Gasteiger partial charge on any atom is -0.480 e. The minimum atomic E-state index is -1.24. The standard InChI is InChI=1S/C6H13NO3S/c1-6(7,5(8)9)3-4-11(2)10/h3-4,7H2,1-2H3,(H,8,9)/t6-,11?/m0/s1. The second kappa shape index (κ2) is 3.82. The molecule has 4 nitrogen and oxygen atoms in total. The van der Waals surface area contributed by atoms with E-state index >= 15 is 0 Å². The van der Waals surface area contributed by atoms with Gasteiger partial charge in [-0.1, -0.05) is 0 Å². The Hall–Kier alpha value is -0.420. The molecule has 0 bridgehead atoms. The van der Waals surface area contributed by atoms with Gasteiger partial charge in [-0.15, -0.1) is 0 Å². The molecular formula is C6H13NO3S. The Morgan fingerprint density at radius 1 is 1.73 bits per heavy atom. The van der Waals surface area contributed by atoms with Crippen LogP contribution in [0.3, 0.4) is 0 Å². The number of carbonyl (C=O) groups is 1. The highest BCUT2D eigenvalue weighted by Gasteiger charge is 2.27. The van der Waals surface area contributed by atoms with Gasteiger partial charge in [0.1, 0.15) is 5.54 Å². The fourth-order valence-corrected chi connectivity index (χ4v) is 1.17. The van der Waals surface area contributed by atoms with Crippen LogP contribution in [0.4, 0.5) is 0 Å². The maximum Gasteiger partial charge on any atom is 0.323 e. The van der Waals surface area contributed by atoms with Gasteiger partial charge in [0.25, 0.3) is 0 Å². The predicted octanol–water partition coefficient (Wildman–Crippen LogP) is -0.443. The summed E-state index contributed by atoms with van der Waals surface area (Å²) in [7, 11) is -0.972. The summed E-state index contributed by atoms with van der Waals surface area (Å²) in [6.07, 6.45) is 1.77. The molecule has 0 amide bonds. The lowest BCUT2D eigenvalue weighted by Crippen LogP contribution is -2.45. The molecule has 66 valence electrons. The van der Waals surface area contributed by atoms with Gasteiger partial charge < -0.3 is 10.8 Å². The van der Waals surface area contributed by atoms with Crippen LogP contribution in [0.15, 0.2) is 0 Å². The molecule has 0 rings (SSSR count). The van der Waals surface area contributed by atoms with Crippen molar-refractivity contribution in [3.05, 3.63) is 0 Å². The van der Waals surface area contributed by atoms with Crippen LogP contribution in [-0.4, -0.2) is 32.8 Å². The molecule has 0 saturated carbocycles. The first-order valence-corrected chi connectivity index (χ1v) is 4.91. The highest BCUT2D eigenvalue weighted by Crippen LogP contribution is 2.05. The van der Waals surface area contributed by atoms with E-state index in [1.54, 1.807) is 0 Å². The second-order valence-electron chi connectivity index (χ2n) is 2.75. The number of aliphatic carboxylic acids is 1. The average Bonchev–Trinajstić information content (AvgIpc) is 1.84. The Balaban J connectivity index is 3.92. The smallest absolute Gasteiger partial charge is 0.323 e. The summed E-state index contributed by atoms with van der Waals surface area (Å²) in [4.78, 5) is 10.4. The number of rotatable bonds is 4. The van der Waals surface area contributed by atoms with E-state index in [4.69, 9.17) is 10.8 Å². The molecule has 11 heavy (non-hydrogen) atoms. The number of carboxylic acids is 1. The topological polar surface area (TPSA) is 80.4 Å². The SMILES string of the molecule is CS(=O)CC[C@](C)(N)C(=O)O. The van der Waals surface area contributed by atoms with Gasteiger partial charge in [-0.05, 0) is 13.3 Å². The third-order valence-electron chi connectivity index (χ3n) is 1.40. The zero-order chi connectivity index (χ0) is 9.07. The van der Waals surface area contributed by atoms with Crippen LogP contribution < -0.4 is 5.73 Å². The maximum absolute atomic E-state index is 10.6. The number of nitrogens with two attached hydrogens (primary N) is 1. The van der Waals surface area contributed by atoms with Crippen molar-refractivity contribution < 1.29 is 14.1 Å². The molecule has 5 heteroatoms. The van der Waals surface area contributed by atoms with Crippen LogP contribution in [0.2, 0.25) is 0 Å². The largest absolute Gasteiger partial charge is 0.480 e. The molecule has 0 aliphatic heterocycles. The lowest BCUT2D eigenvalue weighted by Gasteiger charge is -2.17. The Labute approximate surface area is 68.2 Å². The molecule has 0 aliphatic rings. The molecule has 0 heterocycles. The Morgan fingerprint density at radius 2 is 2.18 bits per heavy atom. The van der Waals surface area contributed by atoms with Crippen LogP contribution in [0.1, 0.15) is 13.3 Å². The quantitative estimate of drug-likeness (QED) is 0.613. The molecule has 0 saturated heterocycles. The molecule has 2 atom stereocenters. The van der Waals surface area contributed by atoms with Crippen molar-refractivity contribution in [2.75, 3.05) is 12.0 Å². The van der Waals surface area contributed by atoms with Crippen LogP contribution in [0.25, 0.3) is 0 Å². The van der Waals surface area contributed by atoms with E-state index in [-0.39, 0.29) is 6.42 Å². The van der Waals surface area contributed by atoms with E-state index in [0.717, 1.165) is 0 Å². The molecule has 0 spiro atoms. The van der Waals surface area contributed by atoms with Gasteiger partial charge in [0.15, 0.2) is 0 Å². The van der Waals surface area contributed by atoms with Crippen molar-refractivity contribution >= 4 is 16.8 Å². The lowest BCUT2D eigenvalue weighted by atomic mass is 10.0. The summed E-state index contributed by atoms with van der Waals surface area (Å²) in [5, 5.41) is 8.53. The van der Waals surface area contributed by atoms with Gasteiger partial charge in [-0.3, -0.25) is 9.00 Å². The summed E-state index contributed by atoms with van der Waals surface area (Å²) in [6.45, 7) is 1.42. The van der Waals surface area contributed by atoms with Gasteiger partial charge in [-0.2, -0.15) is 0 Å². The molecular weight excluding hydrogens is 166 g/mol. The van der Waals surface area contributed by atoms with Gasteiger partial charge in [0.05, 0.1) is 0 Å². The first kappa shape index (κ1) is 10.6. The Kier molecular flexibility index (Phi) is 3.68. The Morgan fingerprint density at radius 3 is 2.45 bits per heavy atom. The van der Waals surface area contributed by atoms with Gasteiger partial charge in [0.2, 0.25) is 0 Å². The maximum atomic E-state index is 10.6. The third kappa shape index (κ3) is 4.10. The summed E-state index contributed by atoms with van der Waals surface area (Å²) in [5.74, 6) is -0.720. The molecule has 0 radical (unpaired) electrons. The number of carboxylic acid groups (broad SMARTS) is 1. The minimum absolute atomic E-state index is 0.242. The van der Waals surface area contributed by atoms with Gasteiger partial charge >= 0.3 is 5.97 Å². The van der Waals surface area contributed by atoms with Crippen LogP contribution >= 0.6 is 0 Å². The molecule has 0 aromatic rings. The summed E-state index contributed by atoms with van der Waals surface area (Å²) >= 11 is 0. The highest BCUT2D eigenvalue weighted by atomic mass is 32.2. The zero-order valence-corrected chi connectivity index (χ0v) is 7.48. The lowest BCUT2D eigenvalue weighted by molar-refractivity contribution is -0.142. The highest BCUT2D eigenvalue weighted by molar-refractivity contribution is 7.84. The monoisotopic (exact) mass is 179 g/mol. The predicted molar refractivity (Wildman–Crippen MR) is 43.8 cm³/mol. The van der Waals surface area contributed by atoms with Crippen molar-refractivity contribution in [1.82, 2.24) is 0 Å². The van der Waals surface area contributed by atoms with Crippen LogP contribution in [-0.2, 0) is 15.6 Å². The Bertz CT molecular complexity index is 179. The van der Waals surface area contributed by atoms with Gasteiger partial charge in [0, 0.05) is 22.8 Å². The summed E-state index contributed by atoms with van der Waals surface area (Å²) in [5.41, 5.74) is 4.13. The summed E-state index contributed by atoms with van der Waals surface area (Å²) in [6, 6.07) is 0. The zero-order valence-electron chi connectivity index (χ0n) is 6.66. The molecule has 0 aliphatic carbocycles. The van der Waals surface area contributed by atoms with E-state index in [2.05, 4.69) is 0 Å². The normalized spacial score (nSPS) is 18.8. The second-order valence-corrected chi connectivity index (χ2v) is 4.30. The van der Waals surface area contributed by atoms with E-state index in [1.165, 1.54) is 13.2 Å². The van der Waals surface area contributed by atoms with Crippen LogP contribution in [0, 0.1) is 0 Å². The summed E-state index contributed by atoms with van der Waals surface area (Å²) < 4.78 is 10.6. The molecule has 3 N–H and O–H groups in total. The first-order chi connectivity index (χ1) is 4.86. The number of hydrogen-bond donors (Lipinski definition) is 2. The third-order valence-corrected chi connectivity index (χ3v) is 2.18. The van der Waals surface area contributed by atoms with Crippen molar-refractivity contribution in [2.24, 2.45) is 5.73 Å². The van der Waals surface area contributed by atoms with Crippen molar-refractivity contribution in [3.63, 3.8) is 0 Å².